The van der Waals surface area contributed by atoms with E-state index in [1.807, 2.05) is 28.8 Å². The van der Waals surface area contributed by atoms with Crippen LogP contribution in [0.2, 0.25) is 0 Å². The van der Waals surface area contributed by atoms with Gasteiger partial charge in [-0.25, -0.2) is 0 Å². The summed E-state index contributed by atoms with van der Waals surface area (Å²) in [5, 5.41) is 15.2. The first-order valence-corrected chi connectivity index (χ1v) is 10.6. The molecule has 7 heteroatoms. The Morgan fingerprint density at radius 2 is 1.83 bits per heavy atom. The molecule has 162 valence electrons. The van der Waals surface area contributed by atoms with Gasteiger partial charge in [0.25, 0.3) is 0 Å². The molecule has 0 unspecified atom stereocenters. The highest BCUT2D eigenvalue weighted by molar-refractivity contribution is 14.0. The molecule has 0 aliphatic heterocycles. The monoisotopic (exact) mass is 520 g/mol. The molecule has 30 heavy (non-hydrogen) atoms. The van der Waals surface area contributed by atoms with Gasteiger partial charge in [-0.3, -0.25) is 9.39 Å². The SMILES string of the molecule is CCNC(=NCCCc1ccc(C(C)C)cc1)NCCc1nnc2ccccn12.I. The minimum atomic E-state index is 0. The Labute approximate surface area is 196 Å². The van der Waals surface area contributed by atoms with Crippen LogP contribution in [0.1, 0.15) is 50.1 Å². The average Bonchev–Trinajstić information content (AvgIpc) is 3.14. The smallest absolute Gasteiger partial charge is 0.191 e. The number of nitrogens with one attached hydrogen (secondary N) is 2. The predicted octanol–water partition coefficient (Wildman–Crippen LogP) is 4.20. The van der Waals surface area contributed by atoms with Crippen LogP contribution in [0.15, 0.2) is 53.7 Å². The summed E-state index contributed by atoms with van der Waals surface area (Å²) < 4.78 is 2.02. The maximum absolute atomic E-state index is 4.71. The summed E-state index contributed by atoms with van der Waals surface area (Å²) in [6, 6.07) is 14.9. The van der Waals surface area contributed by atoms with Gasteiger partial charge in [0.15, 0.2) is 11.6 Å². The molecule has 1 aromatic carbocycles. The summed E-state index contributed by atoms with van der Waals surface area (Å²) in [4.78, 5) is 4.71. The Morgan fingerprint density at radius 1 is 1.03 bits per heavy atom. The van der Waals surface area contributed by atoms with Gasteiger partial charge in [0, 0.05) is 32.3 Å². The topological polar surface area (TPSA) is 66.6 Å². The lowest BCUT2D eigenvalue weighted by atomic mass is 10.0. The van der Waals surface area contributed by atoms with Gasteiger partial charge in [-0.15, -0.1) is 34.2 Å². The quantitative estimate of drug-likeness (QED) is 0.192. The van der Waals surface area contributed by atoms with Gasteiger partial charge in [0.2, 0.25) is 0 Å². The van der Waals surface area contributed by atoms with Gasteiger partial charge in [-0.05, 0) is 48.9 Å². The van der Waals surface area contributed by atoms with Crippen molar-refractivity contribution < 1.29 is 0 Å². The average molecular weight is 520 g/mol. The van der Waals surface area contributed by atoms with E-state index in [2.05, 4.69) is 65.9 Å². The molecule has 3 aromatic rings. The minimum absolute atomic E-state index is 0. The summed E-state index contributed by atoms with van der Waals surface area (Å²) in [6.07, 6.45) is 4.87. The number of hydrogen-bond donors (Lipinski definition) is 2. The Kier molecular flexibility index (Phi) is 10.1. The zero-order valence-corrected chi connectivity index (χ0v) is 20.5. The molecule has 0 atom stereocenters. The highest BCUT2D eigenvalue weighted by Crippen LogP contribution is 2.15. The molecule has 0 radical (unpaired) electrons. The van der Waals surface area contributed by atoms with Crippen molar-refractivity contribution in [1.82, 2.24) is 25.2 Å². The summed E-state index contributed by atoms with van der Waals surface area (Å²) in [5.41, 5.74) is 3.65. The van der Waals surface area contributed by atoms with Crippen molar-refractivity contribution in [3.8, 4) is 0 Å². The Bertz CT molecular complexity index is 917. The number of aryl methyl sites for hydroxylation is 1. The Hall–Kier alpha value is -2.16. The van der Waals surface area contributed by atoms with Gasteiger partial charge in [-0.1, -0.05) is 44.2 Å². The predicted molar refractivity (Wildman–Crippen MR) is 135 cm³/mol. The van der Waals surface area contributed by atoms with Crippen molar-refractivity contribution in [2.75, 3.05) is 19.6 Å². The number of pyridine rings is 1. The van der Waals surface area contributed by atoms with Crippen LogP contribution < -0.4 is 10.6 Å². The Morgan fingerprint density at radius 3 is 2.57 bits per heavy atom. The van der Waals surface area contributed by atoms with Gasteiger partial charge in [-0.2, -0.15) is 0 Å². The molecule has 0 saturated heterocycles. The van der Waals surface area contributed by atoms with E-state index in [-0.39, 0.29) is 24.0 Å². The molecule has 2 N–H and O–H groups in total. The van der Waals surface area contributed by atoms with Crippen molar-refractivity contribution in [2.45, 2.75) is 46.0 Å². The summed E-state index contributed by atoms with van der Waals surface area (Å²) in [7, 11) is 0. The molecule has 6 nitrogen and oxygen atoms in total. The largest absolute Gasteiger partial charge is 0.357 e. The maximum atomic E-state index is 4.71. The number of fused-ring (bicyclic) bond motifs is 1. The van der Waals surface area contributed by atoms with Crippen molar-refractivity contribution in [1.29, 1.82) is 0 Å². The van der Waals surface area contributed by atoms with E-state index in [0.717, 1.165) is 56.3 Å². The molecule has 0 aliphatic rings. The van der Waals surface area contributed by atoms with Crippen molar-refractivity contribution in [2.24, 2.45) is 4.99 Å². The highest BCUT2D eigenvalue weighted by atomic mass is 127. The van der Waals surface area contributed by atoms with Crippen molar-refractivity contribution in [3.63, 3.8) is 0 Å². The molecular formula is C23H33IN6. The van der Waals surface area contributed by atoms with Crippen molar-refractivity contribution in [3.05, 3.63) is 65.6 Å². The lowest BCUT2D eigenvalue weighted by molar-refractivity contribution is 0.753. The number of guanidine groups is 1. The second kappa shape index (κ2) is 12.5. The van der Waals surface area contributed by atoms with Crippen LogP contribution in [-0.4, -0.2) is 40.2 Å². The van der Waals surface area contributed by atoms with Crippen LogP contribution in [0.5, 0.6) is 0 Å². The molecule has 0 bridgehead atoms. The molecule has 2 heterocycles. The molecule has 0 amide bonds. The number of aromatic nitrogens is 3. The maximum Gasteiger partial charge on any atom is 0.191 e. The lowest BCUT2D eigenvalue weighted by Gasteiger charge is -2.11. The van der Waals surface area contributed by atoms with E-state index >= 15 is 0 Å². The van der Waals surface area contributed by atoms with Gasteiger partial charge >= 0.3 is 0 Å². The second-order valence-electron chi connectivity index (χ2n) is 7.48. The summed E-state index contributed by atoms with van der Waals surface area (Å²) >= 11 is 0. The molecule has 3 rings (SSSR count). The van der Waals surface area contributed by atoms with Crippen LogP contribution in [0, 0.1) is 0 Å². The number of hydrogen-bond acceptors (Lipinski definition) is 3. The van der Waals surface area contributed by atoms with Crippen LogP contribution in [0.4, 0.5) is 0 Å². The zero-order valence-electron chi connectivity index (χ0n) is 18.1. The normalized spacial score (nSPS) is 11.5. The van der Waals surface area contributed by atoms with Crippen molar-refractivity contribution >= 4 is 35.6 Å². The first kappa shape index (κ1) is 24.1. The second-order valence-corrected chi connectivity index (χ2v) is 7.48. The molecular weight excluding hydrogens is 487 g/mol. The fraction of sp³-hybridized carbons (Fsp3) is 0.435. The third-order valence-electron chi connectivity index (χ3n) is 4.91. The van der Waals surface area contributed by atoms with E-state index < -0.39 is 0 Å². The summed E-state index contributed by atoms with van der Waals surface area (Å²) in [6.45, 7) is 8.94. The third-order valence-corrected chi connectivity index (χ3v) is 4.91. The van der Waals surface area contributed by atoms with Gasteiger partial charge < -0.3 is 10.6 Å². The van der Waals surface area contributed by atoms with Gasteiger partial charge in [0.05, 0.1) is 0 Å². The number of nitrogens with zero attached hydrogens (tertiary/aromatic N) is 4. The fourth-order valence-corrected chi connectivity index (χ4v) is 3.24. The zero-order chi connectivity index (χ0) is 20.5. The Balaban J connectivity index is 0.00000320. The van der Waals surface area contributed by atoms with Crippen LogP contribution >= 0.6 is 24.0 Å². The van der Waals surface area contributed by atoms with E-state index in [9.17, 15) is 0 Å². The highest BCUT2D eigenvalue weighted by Gasteiger charge is 2.05. The number of halogens is 1. The summed E-state index contributed by atoms with van der Waals surface area (Å²) in [5.74, 6) is 2.39. The fourth-order valence-electron chi connectivity index (χ4n) is 3.24. The third kappa shape index (κ3) is 6.97. The molecule has 0 spiro atoms. The van der Waals surface area contributed by atoms with E-state index in [0.29, 0.717) is 5.92 Å². The first-order valence-electron chi connectivity index (χ1n) is 10.6. The van der Waals surface area contributed by atoms with Crippen LogP contribution in [0.3, 0.4) is 0 Å². The van der Waals surface area contributed by atoms with E-state index in [1.165, 1.54) is 11.1 Å². The van der Waals surface area contributed by atoms with Gasteiger partial charge in [0.1, 0.15) is 5.82 Å². The molecule has 0 saturated carbocycles. The molecule has 2 aromatic heterocycles. The number of aliphatic imine (C=N–C) groups is 1. The minimum Gasteiger partial charge on any atom is -0.357 e. The van der Waals surface area contributed by atoms with Crippen LogP contribution in [-0.2, 0) is 12.8 Å². The van der Waals surface area contributed by atoms with E-state index in [4.69, 9.17) is 4.99 Å². The number of rotatable bonds is 9. The molecule has 0 aliphatic carbocycles. The van der Waals surface area contributed by atoms with Crippen LogP contribution in [0.25, 0.3) is 5.65 Å². The lowest BCUT2D eigenvalue weighted by Crippen LogP contribution is -2.38. The molecule has 0 fully saturated rings. The first-order chi connectivity index (χ1) is 14.2. The standard InChI is InChI=1S/C23H32N6.HI/c1-4-24-23(25-15-7-8-19-10-12-20(13-11-19)18(2)3)26-16-14-22-28-27-21-9-5-6-17-29(21)22;/h5-6,9-13,17-18H,4,7-8,14-16H2,1-3H3,(H2,24,25,26);1H. The van der Waals surface area contributed by atoms with E-state index in [1.54, 1.807) is 0 Å². The number of benzene rings is 1.